The second kappa shape index (κ2) is 6.82. The Kier molecular flexibility index (Phi) is 4.79. The van der Waals surface area contributed by atoms with Crippen molar-refractivity contribution in [3.8, 4) is 0 Å². The molecule has 1 atom stereocenters. The van der Waals surface area contributed by atoms with Crippen LogP contribution in [0.4, 0.5) is 5.00 Å². The van der Waals surface area contributed by atoms with Crippen LogP contribution in [0.15, 0.2) is 17.5 Å². The van der Waals surface area contributed by atoms with Crippen molar-refractivity contribution in [3.05, 3.63) is 38.4 Å². The molecule has 4 N–H and O–H groups in total. The molecule has 7 heteroatoms. The lowest BCUT2D eigenvalue weighted by Crippen LogP contribution is -3.08. The van der Waals surface area contributed by atoms with E-state index >= 15 is 0 Å². The van der Waals surface area contributed by atoms with Gasteiger partial charge in [0.1, 0.15) is 11.5 Å². The fourth-order valence-electron chi connectivity index (χ4n) is 2.97. The molecule has 0 saturated carbocycles. The first-order valence-corrected chi connectivity index (χ1v) is 9.32. The van der Waals surface area contributed by atoms with Gasteiger partial charge in [-0.2, -0.15) is 0 Å². The van der Waals surface area contributed by atoms with Crippen LogP contribution >= 0.6 is 22.7 Å². The Morgan fingerprint density at radius 3 is 2.91 bits per heavy atom. The van der Waals surface area contributed by atoms with E-state index in [2.05, 4.69) is 11.4 Å². The van der Waals surface area contributed by atoms with E-state index in [0.717, 1.165) is 36.3 Å². The number of nitrogens with two attached hydrogens (primary N) is 1. The molecule has 0 aromatic carbocycles. The lowest BCUT2D eigenvalue weighted by molar-refractivity contribution is -0.884. The Morgan fingerprint density at radius 2 is 2.22 bits per heavy atom. The largest absolute Gasteiger partial charge is 0.365 e. The first-order valence-electron chi connectivity index (χ1n) is 7.62. The number of anilines is 1. The van der Waals surface area contributed by atoms with Crippen LogP contribution in [-0.2, 0) is 24.2 Å². The maximum atomic E-state index is 12.3. The van der Waals surface area contributed by atoms with Gasteiger partial charge in [0.05, 0.1) is 17.5 Å². The molecule has 2 heterocycles. The number of likely N-dealkylation sites (N-methyl/N-ethyl adjacent to an activating group) is 1. The van der Waals surface area contributed by atoms with Gasteiger partial charge in [-0.25, -0.2) is 0 Å². The summed E-state index contributed by atoms with van der Waals surface area (Å²) in [4.78, 5) is 27.6. The number of hydrogen-bond acceptors (Lipinski definition) is 4. The van der Waals surface area contributed by atoms with Crippen molar-refractivity contribution < 1.29 is 14.5 Å². The molecular formula is C16H20N3O2S2+. The Morgan fingerprint density at radius 1 is 1.39 bits per heavy atom. The highest BCUT2D eigenvalue weighted by molar-refractivity contribution is 7.17. The number of carbonyl (C=O) groups excluding carboxylic acids is 2. The fourth-order valence-corrected chi connectivity index (χ4v) is 5.10. The minimum Gasteiger partial charge on any atom is -0.365 e. The number of nitrogens with one attached hydrogen (secondary N) is 2. The minimum atomic E-state index is -0.445. The smallest absolute Gasteiger partial charge is 0.280 e. The molecule has 2 aromatic heterocycles. The van der Waals surface area contributed by atoms with Crippen molar-refractivity contribution in [2.75, 3.05) is 18.9 Å². The number of amides is 2. The SMILES string of the molecule is C[NH+](CC(=O)Nc1sc2c(c1C(N)=O)CCC2)Cc1cccs1. The predicted octanol–water partition coefficient (Wildman–Crippen LogP) is 1.05. The van der Waals surface area contributed by atoms with E-state index in [4.69, 9.17) is 5.73 Å². The molecule has 1 aliphatic carbocycles. The highest BCUT2D eigenvalue weighted by atomic mass is 32.1. The second-order valence-electron chi connectivity index (χ2n) is 5.86. The lowest BCUT2D eigenvalue weighted by Gasteiger charge is -2.13. The predicted molar refractivity (Wildman–Crippen MR) is 93.3 cm³/mol. The second-order valence-corrected chi connectivity index (χ2v) is 8.00. The van der Waals surface area contributed by atoms with E-state index in [9.17, 15) is 9.59 Å². The van der Waals surface area contributed by atoms with Crippen molar-refractivity contribution in [3.63, 3.8) is 0 Å². The van der Waals surface area contributed by atoms with Gasteiger partial charge in [0.2, 0.25) is 0 Å². The molecule has 3 rings (SSSR count). The summed E-state index contributed by atoms with van der Waals surface area (Å²) in [5.41, 5.74) is 7.07. The van der Waals surface area contributed by atoms with Gasteiger partial charge in [-0.05, 0) is 36.3 Å². The summed E-state index contributed by atoms with van der Waals surface area (Å²) in [7, 11) is 1.99. The van der Waals surface area contributed by atoms with Gasteiger partial charge in [-0.15, -0.1) is 22.7 Å². The third-order valence-corrected chi connectivity index (χ3v) is 6.02. The van der Waals surface area contributed by atoms with Crippen LogP contribution in [0.25, 0.3) is 0 Å². The van der Waals surface area contributed by atoms with Crippen LogP contribution in [0.5, 0.6) is 0 Å². The molecule has 1 unspecified atom stereocenters. The van der Waals surface area contributed by atoms with Crippen molar-refractivity contribution in [2.24, 2.45) is 5.73 Å². The van der Waals surface area contributed by atoms with Crippen LogP contribution in [-0.4, -0.2) is 25.4 Å². The molecule has 0 bridgehead atoms. The van der Waals surface area contributed by atoms with E-state index in [-0.39, 0.29) is 5.91 Å². The zero-order valence-corrected chi connectivity index (χ0v) is 14.6. The summed E-state index contributed by atoms with van der Waals surface area (Å²) in [5.74, 6) is -0.527. The summed E-state index contributed by atoms with van der Waals surface area (Å²) in [6, 6.07) is 4.08. The normalized spacial score (nSPS) is 14.5. The van der Waals surface area contributed by atoms with Gasteiger partial charge in [-0.3, -0.25) is 9.59 Å². The standard InChI is InChI=1S/C16H19N3O2S2/c1-19(8-10-4-3-7-22-10)9-13(20)18-16-14(15(17)21)11-5-2-6-12(11)23-16/h3-4,7H,2,5-6,8-9H2,1H3,(H2,17,21)(H,18,20)/p+1. The van der Waals surface area contributed by atoms with Gasteiger partial charge in [0.15, 0.2) is 6.54 Å². The number of hydrogen-bond donors (Lipinski definition) is 3. The van der Waals surface area contributed by atoms with E-state index < -0.39 is 5.91 Å². The Bertz CT molecular complexity index is 722. The van der Waals surface area contributed by atoms with Crippen LogP contribution in [0.1, 0.15) is 32.1 Å². The highest BCUT2D eigenvalue weighted by Crippen LogP contribution is 2.38. The Hall–Kier alpha value is -1.70. The fraction of sp³-hybridized carbons (Fsp3) is 0.375. The zero-order valence-electron chi connectivity index (χ0n) is 13.0. The first-order chi connectivity index (χ1) is 11.0. The van der Waals surface area contributed by atoms with Gasteiger partial charge in [0.25, 0.3) is 11.8 Å². The summed E-state index contributed by atoms with van der Waals surface area (Å²) in [5, 5.41) is 5.55. The maximum Gasteiger partial charge on any atom is 0.280 e. The van der Waals surface area contributed by atoms with Gasteiger partial charge in [-0.1, -0.05) is 6.07 Å². The number of rotatable bonds is 6. The van der Waals surface area contributed by atoms with E-state index in [1.165, 1.54) is 21.1 Å². The van der Waals surface area contributed by atoms with E-state index in [1.807, 2.05) is 18.5 Å². The van der Waals surface area contributed by atoms with Crippen LogP contribution < -0.4 is 16.0 Å². The molecule has 2 aromatic rings. The summed E-state index contributed by atoms with van der Waals surface area (Å²) < 4.78 is 0. The molecule has 23 heavy (non-hydrogen) atoms. The van der Waals surface area contributed by atoms with Crippen LogP contribution in [0, 0.1) is 0 Å². The number of quaternary nitrogens is 1. The molecule has 0 spiro atoms. The summed E-state index contributed by atoms with van der Waals surface area (Å²) >= 11 is 3.19. The van der Waals surface area contributed by atoms with Crippen LogP contribution in [0.3, 0.4) is 0 Å². The van der Waals surface area contributed by atoms with E-state index in [1.54, 1.807) is 11.3 Å². The Labute approximate surface area is 143 Å². The zero-order chi connectivity index (χ0) is 16.4. The number of primary amides is 1. The molecular weight excluding hydrogens is 330 g/mol. The van der Waals surface area contributed by atoms with Gasteiger partial charge in [0, 0.05) is 4.88 Å². The molecule has 0 fully saturated rings. The maximum absolute atomic E-state index is 12.3. The van der Waals surface area contributed by atoms with Gasteiger partial charge < -0.3 is 16.0 Å². The average molecular weight is 350 g/mol. The molecule has 0 aliphatic heterocycles. The Balaban J connectivity index is 1.65. The van der Waals surface area contributed by atoms with Crippen molar-refractivity contribution >= 4 is 39.5 Å². The highest BCUT2D eigenvalue weighted by Gasteiger charge is 2.26. The monoisotopic (exact) mass is 350 g/mol. The van der Waals surface area contributed by atoms with Crippen molar-refractivity contribution in [1.82, 2.24) is 0 Å². The minimum absolute atomic E-state index is 0.0820. The van der Waals surface area contributed by atoms with Crippen molar-refractivity contribution in [1.29, 1.82) is 0 Å². The molecule has 2 amide bonds. The summed E-state index contributed by atoms with van der Waals surface area (Å²) in [6.45, 7) is 1.17. The van der Waals surface area contributed by atoms with Crippen molar-refractivity contribution in [2.45, 2.75) is 25.8 Å². The third-order valence-electron chi connectivity index (χ3n) is 3.94. The molecule has 0 saturated heterocycles. The number of thiophene rings is 2. The van der Waals surface area contributed by atoms with Gasteiger partial charge >= 0.3 is 0 Å². The lowest BCUT2D eigenvalue weighted by atomic mass is 10.1. The van der Waals surface area contributed by atoms with Crippen LogP contribution in [0.2, 0.25) is 0 Å². The number of fused-ring (bicyclic) bond motifs is 1. The third kappa shape index (κ3) is 3.63. The molecule has 1 aliphatic rings. The van der Waals surface area contributed by atoms with E-state index in [0.29, 0.717) is 17.1 Å². The molecule has 122 valence electrons. The molecule has 5 nitrogen and oxygen atoms in total. The average Bonchev–Trinajstić information content (AvgIpc) is 3.14. The first kappa shape index (κ1) is 16.2. The number of carbonyl (C=O) groups is 2. The number of aryl methyl sites for hydroxylation is 1. The topological polar surface area (TPSA) is 76.6 Å². The quantitative estimate of drug-likeness (QED) is 0.728. The summed E-state index contributed by atoms with van der Waals surface area (Å²) in [6.07, 6.45) is 2.91. The molecule has 0 radical (unpaired) electrons.